The second kappa shape index (κ2) is 7.62. The number of amides is 2. The van der Waals surface area contributed by atoms with Gasteiger partial charge in [-0.3, -0.25) is 14.3 Å². The Kier molecular flexibility index (Phi) is 4.93. The van der Waals surface area contributed by atoms with Gasteiger partial charge in [0.05, 0.1) is 24.1 Å². The second-order valence-electron chi connectivity index (χ2n) is 8.22. The van der Waals surface area contributed by atoms with E-state index in [1.165, 1.54) is 17.8 Å². The number of halogens is 3. The molecule has 14 heteroatoms. The van der Waals surface area contributed by atoms with Gasteiger partial charge in [-0.2, -0.15) is 5.10 Å². The fourth-order valence-electron chi connectivity index (χ4n) is 3.87. The average molecular weight is 476 g/mol. The van der Waals surface area contributed by atoms with E-state index in [0.717, 1.165) is 12.8 Å². The first-order chi connectivity index (χ1) is 16.1. The molecular formula is C20H19F3N8O3. The predicted molar refractivity (Wildman–Crippen MR) is 112 cm³/mol. The molecule has 0 saturated heterocycles. The first kappa shape index (κ1) is 22.0. The number of nitrogens with one attached hydrogen (secondary N) is 2. The van der Waals surface area contributed by atoms with E-state index in [1.807, 2.05) is 0 Å². The molecule has 1 fully saturated rings. The van der Waals surface area contributed by atoms with Gasteiger partial charge in [0.15, 0.2) is 16.9 Å². The highest BCUT2D eigenvalue weighted by molar-refractivity contribution is 6.21. The lowest BCUT2D eigenvalue weighted by Crippen LogP contribution is -2.48. The van der Waals surface area contributed by atoms with Crippen LogP contribution >= 0.6 is 0 Å². The van der Waals surface area contributed by atoms with Crippen LogP contribution in [0.2, 0.25) is 0 Å². The monoisotopic (exact) mass is 476 g/mol. The van der Waals surface area contributed by atoms with Crippen LogP contribution in [0.5, 0.6) is 0 Å². The molecule has 3 aromatic heterocycles. The zero-order chi connectivity index (χ0) is 24.3. The maximum Gasteiger partial charge on any atom is 0.522 e. The van der Waals surface area contributed by atoms with Crippen molar-refractivity contribution in [2.75, 3.05) is 17.7 Å². The minimum absolute atomic E-state index is 0.0249. The van der Waals surface area contributed by atoms with Gasteiger partial charge in [0.2, 0.25) is 11.8 Å². The van der Waals surface area contributed by atoms with E-state index in [1.54, 1.807) is 12.1 Å². The van der Waals surface area contributed by atoms with Gasteiger partial charge in [0.1, 0.15) is 17.3 Å². The number of rotatable bonds is 6. The summed E-state index contributed by atoms with van der Waals surface area (Å²) in [4.78, 5) is 38.5. The number of carbonyl (C=O) groups excluding carboxylic acids is 2. The summed E-state index contributed by atoms with van der Waals surface area (Å²) in [5.41, 5.74) is 5.26. The lowest BCUT2D eigenvalue weighted by Gasteiger charge is -2.21. The van der Waals surface area contributed by atoms with Crippen molar-refractivity contribution in [3.8, 4) is 11.5 Å². The standard InChI is InChI=1S/C20H19F3N8O3/c1-19(17(32)26-9-4-5-9)11-13(24)27-15(28-14(11)29-18(19)33)12-10-3-2-6-25-16(10)31(30-12)7-8-34-20(21,22)23/h2-3,6,9H,4-5,7-8H2,1H3,(H,26,32)(H3,24,27,28,29,33). The van der Waals surface area contributed by atoms with E-state index in [4.69, 9.17) is 5.73 Å². The average Bonchev–Trinajstić information content (AvgIpc) is 3.44. The van der Waals surface area contributed by atoms with Crippen molar-refractivity contribution in [2.24, 2.45) is 0 Å². The minimum Gasteiger partial charge on any atom is -0.383 e. The van der Waals surface area contributed by atoms with Crippen LogP contribution in [0.25, 0.3) is 22.6 Å². The molecule has 1 unspecified atom stereocenters. The maximum atomic E-state index is 12.8. The van der Waals surface area contributed by atoms with E-state index in [-0.39, 0.29) is 41.3 Å². The van der Waals surface area contributed by atoms with Crippen LogP contribution in [0, 0.1) is 0 Å². The number of nitrogens with two attached hydrogens (primary N) is 1. The van der Waals surface area contributed by atoms with Crippen molar-refractivity contribution < 1.29 is 27.5 Å². The van der Waals surface area contributed by atoms with E-state index in [2.05, 4.69) is 35.4 Å². The van der Waals surface area contributed by atoms with Gasteiger partial charge < -0.3 is 16.4 Å². The maximum absolute atomic E-state index is 12.8. The minimum atomic E-state index is -4.77. The lowest BCUT2D eigenvalue weighted by molar-refractivity contribution is -0.325. The van der Waals surface area contributed by atoms with Crippen LogP contribution in [-0.4, -0.2) is 55.6 Å². The van der Waals surface area contributed by atoms with Crippen LogP contribution < -0.4 is 16.4 Å². The third kappa shape index (κ3) is 3.69. The number of hydrogen-bond acceptors (Lipinski definition) is 8. The smallest absolute Gasteiger partial charge is 0.383 e. The Morgan fingerprint density at radius 1 is 1.38 bits per heavy atom. The molecular weight excluding hydrogens is 457 g/mol. The van der Waals surface area contributed by atoms with Gasteiger partial charge in [-0.25, -0.2) is 19.6 Å². The Balaban J connectivity index is 1.53. The number of pyridine rings is 1. The Hall–Kier alpha value is -3.81. The number of carbonyl (C=O) groups is 2. The normalized spacial score (nSPS) is 19.8. The molecule has 34 heavy (non-hydrogen) atoms. The Morgan fingerprint density at radius 2 is 2.15 bits per heavy atom. The molecule has 0 spiro atoms. The van der Waals surface area contributed by atoms with Crippen LogP contribution in [-0.2, 0) is 26.3 Å². The predicted octanol–water partition coefficient (Wildman–Crippen LogP) is 1.50. The van der Waals surface area contributed by atoms with Crippen molar-refractivity contribution >= 4 is 34.5 Å². The van der Waals surface area contributed by atoms with Crippen molar-refractivity contribution in [1.82, 2.24) is 30.0 Å². The molecule has 1 atom stereocenters. The molecule has 1 aliphatic heterocycles. The van der Waals surface area contributed by atoms with Crippen LogP contribution in [0.1, 0.15) is 25.3 Å². The van der Waals surface area contributed by atoms with Crippen molar-refractivity contribution in [3.05, 3.63) is 23.9 Å². The first-order valence-electron chi connectivity index (χ1n) is 10.4. The highest BCUT2D eigenvalue weighted by Crippen LogP contribution is 2.42. The number of fused-ring (bicyclic) bond motifs is 2. The SMILES string of the molecule is CC1(C(=O)NC2CC2)C(=O)Nc2nc(-c3nn(CCOC(F)(F)F)c4ncccc34)nc(N)c21. The molecule has 5 rings (SSSR count). The van der Waals surface area contributed by atoms with E-state index in [0.29, 0.717) is 11.0 Å². The summed E-state index contributed by atoms with van der Waals surface area (Å²) in [7, 11) is 0. The fourth-order valence-corrected chi connectivity index (χ4v) is 3.87. The Labute approximate surface area is 189 Å². The van der Waals surface area contributed by atoms with E-state index < -0.39 is 30.2 Å². The number of nitrogen functional groups attached to an aromatic ring is 1. The summed E-state index contributed by atoms with van der Waals surface area (Å²) < 4.78 is 42.2. The summed E-state index contributed by atoms with van der Waals surface area (Å²) >= 11 is 0. The zero-order valence-electron chi connectivity index (χ0n) is 17.8. The van der Waals surface area contributed by atoms with Gasteiger partial charge in [0.25, 0.3) is 0 Å². The molecule has 4 heterocycles. The number of anilines is 2. The number of aromatic nitrogens is 5. The van der Waals surface area contributed by atoms with Crippen LogP contribution in [0.4, 0.5) is 24.8 Å². The van der Waals surface area contributed by atoms with Crippen LogP contribution in [0.3, 0.4) is 0 Å². The third-order valence-electron chi connectivity index (χ3n) is 5.78. The third-order valence-corrected chi connectivity index (χ3v) is 5.78. The largest absolute Gasteiger partial charge is 0.522 e. The van der Waals surface area contributed by atoms with Gasteiger partial charge in [-0.05, 0) is 31.9 Å². The summed E-state index contributed by atoms with van der Waals surface area (Å²) in [6.45, 7) is 0.553. The molecule has 0 aromatic carbocycles. The van der Waals surface area contributed by atoms with E-state index >= 15 is 0 Å². The molecule has 1 saturated carbocycles. The van der Waals surface area contributed by atoms with Gasteiger partial charge >= 0.3 is 6.36 Å². The van der Waals surface area contributed by atoms with Gasteiger partial charge in [-0.15, -0.1) is 13.2 Å². The van der Waals surface area contributed by atoms with E-state index in [9.17, 15) is 22.8 Å². The van der Waals surface area contributed by atoms with Crippen molar-refractivity contribution in [2.45, 2.75) is 44.1 Å². The summed E-state index contributed by atoms with van der Waals surface area (Å²) in [6, 6.07) is 3.32. The Bertz CT molecular complexity index is 1320. The fraction of sp³-hybridized carbons (Fsp3) is 0.400. The molecule has 2 amide bonds. The molecule has 2 aliphatic rings. The lowest BCUT2D eigenvalue weighted by atomic mass is 9.83. The molecule has 0 bridgehead atoms. The topological polar surface area (TPSA) is 150 Å². The van der Waals surface area contributed by atoms with Crippen molar-refractivity contribution in [3.63, 3.8) is 0 Å². The number of hydrogen-bond donors (Lipinski definition) is 3. The zero-order valence-corrected chi connectivity index (χ0v) is 17.8. The van der Waals surface area contributed by atoms with Crippen molar-refractivity contribution in [1.29, 1.82) is 0 Å². The molecule has 3 aromatic rings. The quantitative estimate of drug-likeness (QED) is 0.453. The molecule has 178 valence electrons. The number of ether oxygens (including phenoxy) is 1. The van der Waals surface area contributed by atoms with Gasteiger partial charge in [0, 0.05) is 12.2 Å². The molecule has 4 N–H and O–H groups in total. The Morgan fingerprint density at radius 3 is 2.85 bits per heavy atom. The van der Waals surface area contributed by atoms with Gasteiger partial charge in [-0.1, -0.05) is 0 Å². The first-order valence-corrected chi connectivity index (χ1v) is 10.4. The number of nitrogens with zero attached hydrogens (tertiary/aromatic N) is 5. The molecule has 1 aliphatic carbocycles. The second-order valence-corrected chi connectivity index (χ2v) is 8.22. The highest BCUT2D eigenvalue weighted by atomic mass is 19.4. The molecule has 11 nitrogen and oxygen atoms in total. The number of alkyl halides is 3. The summed E-state index contributed by atoms with van der Waals surface area (Å²) in [6.07, 6.45) is -1.61. The summed E-state index contributed by atoms with van der Waals surface area (Å²) in [5, 5.41) is 10.2. The van der Waals surface area contributed by atoms with Crippen LogP contribution in [0.15, 0.2) is 18.3 Å². The summed E-state index contributed by atoms with van der Waals surface area (Å²) in [5.74, 6) is -1.05. The highest BCUT2D eigenvalue weighted by Gasteiger charge is 2.53. The molecule has 0 radical (unpaired) electrons.